The molecule has 28 heavy (non-hydrogen) atoms. The number of ether oxygens (including phenoxy) is 3. The summed E-state index contributed by atoms with van der Waals surface area (Å²) in [7, 11) is 1.45. The summed E-state index contributed by atoms with van der Waals surface area (Å²) >= 11 is 3.35. The Morgan fingerprint density at radius 1 is 1.25 bits per heavy atom. The van der Waals surface area contributed by atoms with Crippen molar-refractivity contribution < 1.29 is 28.2 Å². The first-order chi connectivity index (χ1) is 13.4. The summed E-state index contributed by atoms with van der Waals surface area (Å²) < 4.78 is 29.0. The number of esters is 1. The molecule has 0 bridgehead atoms. The second-order valence-corrected chi connectivity index (χ2v) is 6.19. The summed E-state index contributed by atoms with van der Waals surface area (Å²) in [5, 5.41) is 3.88. The van der Waals surface area contributed by atoms with Crippen LogP contribution in [-0.2, 0) is 9.53 Å². The molecule has 0 aliphatic rings. The molecule has 0 aliphatic carbocycles. The molecule has 0 saturated heterocycles. The Hall–Kier alpha value is -2.94. The first-order valence-electron chi connectivity index (χ1n) is 8.19. The predicted octanol–water partition coefficient (Wildman–Crippen LogP) is 3.30. The smallest absolute Gasteiger partial charge is 0.344 e. The van der Waals surface area contributed by atoms with Crippen molar-refractivity contribution in [3.8, 4) is 11.5 Å². The standard InChI is InChI=1S/C19H18BrFN2O5/c1-3-27-17(24)11-28-18-15(20)8-12(9-16(18)26-2)10-22-23-19(25)13-4-6-14(21)7-5-13/h4-10H,3,11H2,1-2H3,(H,23,25)/b22-10-. The SMILES string of the molecule is CCOC(=O)COc1c(Br)cc(/C=N\NC(=O)c2ccc(F)cc2)cc1OC. The molecule has 9 heteroatoms. The highest BCUT2D eigenvalue weighted by atomic mass is 79.9. The molecular weight excluding hydrogens is 435 g/mol. The quantitative estimate of drug-likeness (QED) is 0.377. The fourth-order valence-electron chi connectivity index (χ4n) is 2.12. The molecule has 2 aromatic rings. The highest BCUT2D eigenvalue weighted by Gasteiger charge is 2.13. The van der Waals surface area contributed by atoms with E-state index in [0.29, 0.717) is 21.5 Å². The van der Waals surface area contributed by atoms with Crippen molar-refractivity contribution in [3.05, 3.63) is 57.8 Å². The molecule has 2 rings (SSSR count). The van der Waals surface area contributed by atoms with E-state index >= 15 is 0 Å². The van der Waals surface area contributed by atoms with Crippen LogP contribution in [0.25, 0.3) is 0 Å². The van der Waals surface area contributed by atoms with E-state index < -0.39 is 17.7 Å². The maximum atomic E-state index is 12.9. The second kappa shape index (κ2) is 10.4. The van der Waals surface area contributed by atoms with Crippen LogP contribution in [0.1, 0.15) is 22.8 Å². The second-order valence-electron chi connectivity index (χ2n) is 5.33. The third-order valence-corrected chi connectivity index (χ3v) is 3.97. The Bertz CT molecular complexity index is 871. The molecule has 148 valence electrons. The van der Waals surface area contributed by atoms with Gasteiger partial charge >= 0.3 is 5.97 Å². The summed E-state index contributed by atoms with van der Waals surface area (Å²) in [5.41, 5.74) is 3.23. The first kappa shape index (κ1) is 21.4. The average molecular weight is 453 g/mol. The molecule has 0 radical (unpaired) electrons. The fraction of sp³-hybridized carbons (Fsp3) is 0.211. The van der Waals surface area contributed by atoms with E-state index in [2.05, 4.69) is 26.5 Å². The van der Waals surface area contributed by atoms with Crippen LogP contribution < -0.4 is 14.9 Å². The number of amides is 1. The zero-order valence-electron chi connectivity index (χ0n) is 15.2. The van der Waals surface area contributed by atoms with Gasteiger partial charge in [-0.05, 0) is 64.8 Å². The van der Waals surface area contributed by atoms with Crippen molar-refractivity contribution in [2.24, 2.45) is 5.10 Å². The van der Waals surface area contributed by atoms with Gasteiger partial charge in [0, 0.05) is 5.56 Å². The largest absolute Gasteiger partial charge is 0.493 e. The van der Waals surface area contributed by atoms with Crippen LogP contribution in [0.4, 0.5) is 4.39 Å². The molecule has 1 amide bonds. The Labute approximate surface area is 169 Å². The van der Waals surface area contributed by atoms with E-state index in [4.69, 9.17) is 14.2 Å². The minimum atomic E-state index is -0.495. The van der Waals surface area contributed by atoms with Gasteiger partial charge in [-0.3, -0.25) is 4.79 Å². The third kappa shape index (κ3) is 6.05. The molecule has 0 spiro atoms. The molecule has 0 aliphatic heterocycles. The number of hydrogen-bond donors (Lipinski definition) is 1. The lowest BCUT2D eigenvalue weighted by Crippen LogP contribution is -2.17. The van der Waals surface area contributed by atoms with Gasteiger partial charge in [-0.2, -0.15) is 5.10 Å². The van der Waals surface area contributed by atoms with Crippen LogP contribution >= 0.6 is 15.9 Å². The third-order valence-electron chi connectivity index (χ3n) is 3.38. The molecule has 0 aromatic heterocycles. The van der Waals surface area contributed by atoms with E-state index in [1.807, 2.05) is 0 Å². The van der Waals surface area contributed by atoms with Crippen molar-refractivity contribution in [1.29, 1.82) is 0 Å². The number of carbonyl (C=O) groups excluding carboxylic acids is 2. The van der Waals surface area contributed by atoms with Gasteiger partial charge in [0.15, 0.2) is 18.1 Å². The fourth-order valence-corrected chi connectivity index (χ4v) is 2.69. The highest BCUT2D eigenvalue weighted by molar-refractivity contribution is 9.10. The van der Waals surface area contributed by atoms with Gasteiger partial charge in [0.2, 0.25) is 0 Å². The van der Waals surface area contributed by atoms with E-state index in [1.165, 1.54) is 37.6 Å². The lowest BCUT2D eigenvalue weighted by molar-refractivity contribution is -0.145. The van der Waals surface area contributed by atoms with Crippen molar-refractivity contribution in [3.63, 3.8) is 0 Å². The predicted molar refractivity (Wildman–Crippen MR) is 104 cm³/mol. The minimum Gasteiger partial charge on any atom is -0.493 e. The van der Waals surface area contributed by atoms with Crippen molar-refractivity contribution >= 4 is 34.0 Å². The van der Waals surface area contributed by atoms with E-state index in [0.717, 1.165) is 0 Å². The Kier molecular flexibility index (Phi) is 7.94. The summed E-state index contributed by atoms with van der Waals surface area (Å²) in [4.78, 5) is 23.4. The lowest BCUT2D eigenvalue weighted by atomic mass is 10.2. The van der Waals surface area contributed by atoms with Gasteiger partial charge in [0.05, 0.1) is 24.4 Å². The number of carbonyl (C=O) groups is 2. The molecule has 7 nitrogen and oxygen atoms in total. The maximum Gasteiger partial charge on any atom is 0.344 e. The van der Waals surface area contributed by atoms with Gasteiger partial charge in [0.1, 0.15) is 5.82 Å². The highest BCUT2D eigenvalue weighted by Crippen LogP contribution is 2.36. The normalized spacial score (nSPS) is 10.6. The number of halogens is 2. The van der Waals surface area contributed by atoms with Crippen LogP contribution in [0.3, 0.4) is 0 Å². The molecular formula is C19H18BrFN2O5. The Balaban J connectivity index is 2.06. The summed E-state index contributed by atoms with van der Waals surface area (Å²) in [6, 6.07) is 8.39. The van der Waals surface area contributed by atoms with E-state index in [9.17, 15) is 14.0 Å². The molecule has 0 atom stereocenters. The number of hydrogen-bond acceptors (Lipinski definition) is 6. The van der Waals surface area contributed by atoms with Gasteiger partial charge < -0.3 is 14.2 Å². The number of nitrogens with zero attached hydrogens (tertiary/aromatic N) is 1. The monoisotopic (exact) mass is 452 g/mol. The van der Waals surface area contributed by atoms with E-state index in [1.54, 1.807) is 19.1 Å². The Morgan fingerprint density at radius 3 is 2.61 bits per heavy atom. The molecule has 0 unspecified atom stereocenters. The molecule has 2 aromatic carbocycles. The Morgan fingerprint density at radius 2 is 1.96 bits per heavy atom. The molecule has 0 fully saturated rings. The summed E-state index contributed by atoms with van der Waals surface area (Å²) in [6.07, 6.45) is 1.41. The lowest BCUT2D eigenvalue weighted by Gasteiger charge is -2.13. The number of hydrazone groups is 1. The molecule has 0 heterocycles. The zero-order chi connectivity index (χ0) is 20.5. The number of methoxy groups -OCH3 is 1. The topological polar surface area (TPSA) is 86.2 Å². The molecule has 1 N–H and O–H groups in total. The van der Waals surface area contributed by atoms with Crippen LogP contribution in [0.15, 0.2) is 46.0 Å². The van der Waals surface area contributed by atoms with Gasteiger partial charge in [-0.15, -0.1) is 0 Å². The van der Waals surface area contributed by atoms with E-state index in [-0.39, 0.29) is 18.8 Å². The van der Waals surface area contributed by atoms with Gasteiger partial charge in [-0.1, -0.05) is 0 Å². The van der Waals surface area contributed by atoms with Gasteiger partial charge in [-0.25, -0.2) is 14.6 Å². The maximum absolute atomic E-state index is 12.9. The summed E-state index contributed by atoms with van der Waals surface area (Å²) in [6.45, 7) is 1.71. The zero-order valence-corrected chi connectivity index (χ0v) is 16.8. The average Bonchev–Trinajstić information content (AvgIpc) is 2.67. The van der Waals surface area contributed by atoms with Crippen LogP contribution in [0.5, 0.6) is 11.5 Å². The van der Waals surface area contributed by atoms with Crippen LogP contribution in [-0.4, -0.2) is 38.4 Å². The van der Waals surface area contributed by atoms with Crippen LogP contribution in [0, 0.1) is 5.82 Å². The first-order valence-corrected chi connectivity index (χ1v) is 8.98. The number of benzene rings is 2. The van der Waals surface area contributed by atoms with Gasteiger partial charge in [0.25, 0.3) is 5.91 Å². The van der Waals surface area contributed by atoms with Crippen molar-refractivity contribution in [2.45, 2.75) is 6.92 Å². The minimum absolute atomic E-state index is 0.260. The molecule has 0 saturated carbocycles. The summed E-state index contributed by atoms with van der Waals surface area (Å²) in [5.74, 6) is -0.697. The number of nitrogens with one attached hydrogen (secondary N) is 1. The number of rotatable bonds is 8. The van der Waals surface area contributed by atoms with Crippen molar-refractivity contribution in [1.82, 2.24) is 5.43 Å². The van der Waals surface area contributed by atoms with Crippen LogP contribution in [0.2, 0.25) is 0 Å². The van der Waals surface area contributed by atoms with Crippen molar-refractivity contribution in [2.75, 3.05) is 20.3 Å².